The molecule has 2 saturated heterocycles. The first-order valence-electron chi connectivity index (χ1n) is 10.1. The first kappa shape index (κ1) is 19.9. The van der Waals surface area contributed by atoms with Gasteiger partial charge in [-0.25, -0.2) is 4.98 Å². The number of guanidine groups is 1. The van der Waals surface area contributed by atoms with Gasteiger partial charge in [-0.1, -0.05) is 6.07 Å². The summed E-state index contributed by atoms with van der Waals surface area (Å²) in [4.78, 5) is 11.7. The average molecular weight is 376 g/mol. The second-order valence-corrected chi connectivity index (χ2v) is 7.29. The summed E-state index contributed by atoms with van der Waals surface area (Å²) in [5.41, 5.74) is -0.192. The third-order valence-corrected chi connectivity index (χ3v) is 5.52. The van der Waals surface area contributed by atoms with Gasteiger partial charge in [0.05, 0.1) is 12.1 Å². The average Bonchev–Trinajstić information content (AvgIpc) is 2.74. The van der Waals surface area contributed by atoms with Gasteiger partial charge in [0.1, 0.15) is 5.82 Å². The lowest BCUT2D eigenvalue weighted by atomic mass is 9.94. The summed E-state index contributed by atoms with van der Waals surface area (Å²) in [6.07, 6.45) is 5.80. The van der Waals surface area contributed by atoms with Gasteiger partial charge in [-0.05, 0) is 31.9 Å². The van der Waals surface area contributed by atoms with Gasteiger partial charge in [-0.15, -0.1) is 0 Å². The highest BCUT2D eigenvalue weighted by Gasteiger charge is 2.32. The number of nitrogens with zero attached hydrogens (tertiary/aromatic N) is 3. The molecule has 2 aliphatic rings. The number of aliphatic imine (C=N–C) groups is 1. The first-order valence-corrected chi connectivity index (χ1v) is 10.1. The standard InChI is InChI=1S/C20H33N5O2/c1-3-21-19(23-16-20(26-2)9-14-27-15-10-20)24-17-7-12-25(13-8-17)18-6-4-5-11-22-18/h4-6,11,17H,3,7-10,12-16H2,1-2H3,(H2,21,23,24). The molecule has 3 heterocycles. The van der Waals surface area contributed by atoms with Crippen LogP contribution in [-0.2, 0) is 9.47 Å². The molecule has 150 valence electrons. The molecule has 2 N–H and O–H groups in total. The Morgan fingerprint density at radius 1 is 1.33 bits per heavy atom. The number of hydrogen-bond acceptors (Lipinski definition) is 5. The van der Waals surface area contributed by atoms with E-state index in [-0.39, 0.29) is 5.60 Å². The minimum atomic E-state index is -0.192. The Bertz CT molecular complexity index is 581. The van der Waals surface area contributed by atoms with Gasteiger partial charge >= 0.3 is 0 Å². The number of anilines is 1. The van der Waals surface area contributed by atoms with Crippen LogP contribution in [0.5, 0.6) is 0 Å². The van der Waals surface area contributed by atoms with E-state index < -0.39 is 0 Å². The molecule has 2 fully saturated rings. The lowest BCUT2D eigenvalue weighted by Gasteiger charge is -2.35. The smallest absolute Gasteiger partial charge is 0.191 e. The number of pyridine rings is 1. The summed E-state index contributed by atoms with van der Waals surface area (Å²) < 4.78 is 11.3. The first-order chi connectivity index (χ1) is 13.2. The molecule has 1 aromatic heterocycles. The second-order valence-electron chi connectivity index (χ2n) is 7.29. The minimum Gasteiger partial charge on any atom is -0.381 e. The molecule has 0 bridgehead atoms. The molecule has 2 aliphatic heterocycles. The maximum absolute atomic E-state index is 5.80. The van der Waals surface area contributed by atoms with Gasteiger partial charge in [0.15, 0.2) is 5.96 Å². The maximum atomic E-state index is 5.80. The van der Waals surface area contributed by atoms with E-state index in [1.165, 1.54) is 0 Å². The van der Waals surface area contributed by atoms with Crippen LogP contribution < -0.4 is 15.5 Å². The van der Waals surface area contributed by atoms with Crippen LogP contribution in [0.1, 0.15) is 32.6 Å². The lowest BCUT2D eigenvalue weighted by molar-refractivity contribution is -0.0828. The van der Waals surface area contributed by atoms with Gasteiger partial charge in [-0.2, -0.15) is 0 Å². The molecule has 0 saturated carbocycles. The van der Waals surface area contributed by atoms with Gasteiger partial charge in [0, 0.05) is 65.0 Å². The maximum Gasteiger partial charge on any atom is 0.191 e. The van der Waals surface area contributed by atoms with Crippen molar-refractivity contribution in [1.82, 2.24) is 15.6 Å². The third kappa shape index (κ3) is 5.56. The van der Waals surface area contributed by atoms with Crippen molar-refractivity contribution in [2.24, 2.45) is 4.99 Å². The molecule has 0 aliphatic carbocycles. The highest BCUT2D eigenvalue weighted by atomic mass is 16.5. The van der Waals surface area contributed by atoms with Crippen molar-refractivity contribution >= 4 is 11.8 Å². The molecule has 0 unspecified atom stereocenters. The second kappa shape index (κ2) is 9.90. The molecule has 0 atom stereocenters. The Kier molecular flexibility index (Phi) is 7.29. The fourth-order valence-electron chi connectivity index (χ4n) is 3.70. The number of ether oxygens (including phenoxy) is 2. The van der Waals surface area contributed by atoms with Crippen molar-refractivity contribution in [3.63, 3.8) is 0 Å². The molecule has 0 aromatic carbocycles. The van der Waals surface area contributed by atoms with Crippen molar-refractivity contribution in [3.05, 3.63) is 24.4 Å². The van der Waals surface area contributed by atoms with E-state index in [0.717, 1.165) is 70.3 Å². The van der Waals surface area contributed by atoms with Crippen LogP contribution >= 0.6 is 0 Å². The molecular formula is C20H33N5O2. The zero-order valence-corrected chi connectivity index (χ0v) is 16.6. The van der Waals surface area contributed by atoms with Crippen molar-refractivity contribution in [1.29, 1.82) is 0 Å². The normalized spacial score (nSPS) is 21.1. The molecule has 7 nitrogen and oxygen atoms in total. The summed E-state index contributed by atoms with van der Waals surface area (Å²) in [6.45, 7) is 7.12. The van der Waals surface area contributed by atoms with Crippen LogP contribution in [0, 0.1) is 0 Å². The highest BCUT2D eigenvalue weighted by Crippen LogP contribution is 2.24. The Morgan fingerprint density at radius 3 is 2.74 bits per heavy atom. The molecule has 7 heteroatoms. The fraction of sp³-hybridized carbons (Fsp3) is 0.700. The highest BCUT2D eigenvalue weighted by molar-refractivity contribution is 5.80. The van der Waals surface area contributed by atoms with E-state index in [4.69, 9.17) is 14.5 Å². The molecule has 27 heavy (non-hydrogen) atoms. The molecule has 0 spiro atoms. The topological polar surface area (TPSA) is 71.0 Å². The Morgan fingerprint density at radius 2 is 2.11 bits per heavy atom. The van der Waals surface area contributed by atoms with E-state index in [2.05, 4.69) is 33.5 Å². The predicted molar refractivity (Wildman–Crippen MR) is 108 cm³/mol. The Labute approximate surface area is 162 Å². The Hall–Kier alpha value is -1.86. The van der Waals surface area contributed by atoms with Gasteiger partial charge in [-0.3, -0.25) is 4.99 Å². The predicted octanol–water partition coefficient (Wildman–Crippen LogP) is 1.80. The van der Waals surface area contributed by atoms with Gasteiger partial charge in [0.25, 0.3) is 0 Å². The molecule has 0 amide bonds. The van der Waals surface area contributed by atoms with E-state index in [0.29, 0.717) is 12.6 Å². The minimum absolute atomic E-state index is 0.192. The SMILES string of the molecule is CCNC(=NCC1(OC)CCOCC1)NC1CCN(c2ccccn2)CC1. The molecule has 0 radical (unpaired) electrons. The summed E-state index contributed by atoms with van der Waals surface area (Å²) in [5, 5.41) is 6.99. The van der Waals surface area contributed by atoms with Crippen LogP contribution in [0.15, 0.2) is 29.4 Å². The van der Waals surface area contributed by atoms with Crippen molar-refractivity contribution in [3.8, 4) is 0 Å². The fourth-order valence-corrected chi connectivity index (χ4v) is 3.70. The number of hydrogen-bond donors (Lipinski definition) is 2. The number of piperidine rings is 1. The van der Waals surface area contributed by atoms with Crippen molar-refractivity contribution in [2.45, 2.75) is 44.2 Å². The zero-order valence-electron chi connectivity index (χ0n) is 16.6. The van der Waals surface area contributed by atoms with Gasteiger partial charge in [0.2, 0.25) is 0 Å². The third-order valence-electron chi connectivity index (χ3n) is 5.52. The number of aromatic nitrogens is 1. The number of rotatable bonds is 6. The summed E-state index contributed by atoms with van der Waals surface area (Å²) >= 11 is 0. The van der Waals surface area contributed by atoms with E-state index in [1.807, 2.05) is 18.3 Å². The molecule has 1 aromatic rings. The zero-order chi connectivity index (χ0) is 19.0. The summed E-state index contributed by atoms with van der Waals surface area (Å²) in [7, 11) is 1.79. The summed E-state index contributed by atoms with van der Waals surface area (Å²) in [6, 6.07) is 6.51. The number of nitrogens with one attached hydrogen (secondary N) is 2. The Balaban J connectivity index is 1.53. The van der Waals surface area contributed by atoms with Crippen LogP contribution in [0.2, 0.25) is 0 Å². The largest absolute Gasteiger partial charge is 0.381 e. The van der Waals surface area contributed by atoms with Crippen molar-refractivity contribution < 1.29 is 9.47 Å². The van der Waals surface area contributed by atoms with Crippen molar-refractivity contribution in [2.75, 3.05) is 51.4 Å². The van der Waals surface area contributed by atoms with Crippen LogP contribution in [0.3, 0.4) is 0 Å². The van der Waals surface area contributed by atoms with Crippen LogP contribution in [0.25, 0.3) is 0 Å². The van der Waals surface area contributed by atoms with Crippen LogP contribution in [-0.4, -0.2) is 69.1 Å². The summed E-state index contributed by atoms with van der Waals surface area (Å²) in [5.74, 6) is 1.95. The van der Waals surface area contributed by atoms with Crippen LogP contribution in [0.4, 0.5) is 5.82 Å². The molecule has 3 rings (SSSR count). The molecular weight excluding hydrogens is 342 g/mol. The van der Waals surface area contributed by atoms with E-state index >= 15 is 0 Å². The van der Waals surface area contributed by atoms with E-state index in [9.17, 15) is 0 Å². The lowest BCUT2D eigenvalue weighted by Crippen LogP contribution is -2.50. The van der Waals surface area contributed by atoms with E-state index in [1.54, 1.807) is 7.11 Å². The monoisotopic (exact) mass is 375 g/mol. The number of methoxy groups -OCH3 is 1. The quantitative estimate of drug-likeness (QED) is 0.584. The van der Waals surface area contributed by atoms with Gasteiger partial charge < -0.3 is 25.0 Å².